The highest BCUT2D eigenvalue weighted by Gasteiger charge is 2.28. The first-order chi connectivity index (χ1) is 10.9. The number of hydrogen-bond donors (Lipinski definition) is 1. The molecule has 0 radical (unpaired) electrons. The molecule has 1 aliphatic rings. The van der Waals surface area contributed by atoms with Crippen LogP contribution in [0.15, 0.2) is 59.1 Å². The number of allylic oxidation sites excluding steroid dienone is 4. The van der Waals surface area contributed by atoms with Crippen molar-refractivity contribution in [2.24, 2.45) is 5.41 Å². The second-order valence-electron chi connectivity index (χ2n) is 6.20. The van der Waals surface area contributed by atoms with Crippen molar-refractivity contribution in [1.82, 2.24) is 9.78 Å². The zero-order valence-corrected chi connectivity index (χ0v) is 13.7. The first kappa shape index (κ1) is 15.6. The summed E-state index contributed by atoms with van der Waals surface area (Å²) >= 11 is 5.90. The zero-order valence-electron chi connectivity index (χ0n) is 13.0. The SMILES string of the molecule is CC1(C)CC=CC(n2nc(-c3ccc(Cl)cc3)ccc2=O)=C1O. The van der Waals surface area contributed by atoms with Crippen LogP contribution in [0, 0.1) is 5.41 Å². The molecule has 3 rings (SSSR count). The molecule has 0 saturated heterocycles. The van der Waals surface area contributed by atoms with Crippen LogP contribution in [0.4, 0.5) is 0 Å². The molecule has 1 aromatic carbocycles. The smallest absolute Gasteiger partial charge is 0.271 e. The van der Waals surface area contributed by atoms with Gasteiger partial charge in [0.2, 0.25) is 0 Å². The predicted molar refractivity (Wildman–Crippen MR) is 92.3 cm³/mol. The molecular formula is C18H17ClN2O2. The van der Waals surface area contributed by atoms with E-state index in [2.05, 4.69) is 5.10 Å². The largest absolute Gasteiger partial charge is 0.509 e. The highest BCUT2D eigenvalue weighted by Crippen LogP contribution is 2.36. The summed E-state index contributed by atoms with van der Waals surface area (Å²) in [7, 11) is 0. The van der Waals surface area contributed by atoms with E-state index in [0.29, 0.717) is 22.8 Å². The fraction of sp³-hybridized carbons (Fsp3) is 0.222. The molecule has 118 valence electrons. The van der Waals surface area contributed by atoms with E-state index in [-0.39, 0.29) is 11.3 Å². The van der Waals surface area contributed by atoms with Crippen LogP contribution in [0.1, 0.15) is 20.3 Å². The summed E-state index contributed by atoms with van der Waals surface area (Å²) in [5, 5.41) is 15.5. The molecule has 0 spiro atoms. The van der Waals surface area contributed by atoms with Crippen LogP contribution >= 0.6 is 11.6 Å². The summed E-state index contributed by atoms with van der Waals surface area (Å²) in [6.45, 7) is 3.86. The molecule has 2 aromatic rings. The lowest BCUT2D eigenvalue weighted by Crippen LogP contribution is -2.27. The summed E-state index contributed by atoms with van der Waals surface area (Å²) < 4.78 is 1.25. The van der Waals surface area contributed by atoms with Crippen LogP contribution < -0.4 is 5.56 Å². The Balaban J connectivity index is 2.14. The molecule has 23 heavy (non-hydrogen) atoms. The summed E-state index contributed by atoms with van der Waals surface area (Å²) in [4.78, 5) is 12.2. The maximum Gasteiger partial charge on any atom is 0.271 e. The molecule has 0 unspecified atom stereocenters. The molecule has 0 saturated carbocycles. The highest BCUT2D eigenvalue weighted by molar-refractivity contribution is 6.30. The molecule has 1 heterocycles. The molecule has 0 aliphatic heterocycles. The van der Waals surface area contributed by atoms with Crippen molar-refractivity contribution in [2.75, 3.05) is 0 Å². The van der Waals surface area contributed by atoms with Crippen molar-refractivity contribution in [1.29, 1.82) is 0 Å². The monoisotopic (exact) mass is 328 g/mol. The third kappa shape index (κ3) is 2.94. The van der Waals surface area contributed by atoms with Crippen LogP contribution in [0.2, 0.25) is 5.02 Å². The molecule has 0 fully saturated rings. The third-order valence-corrected chi connectivity index (χ3v) is 4.21. The van der Waals surface area contributed by atoms with Crippen molar-refractivity contribution in [3.8, 4) is 11.3 Å². The first-order valence-corrected chi connectivity index (χ1v) is 7.73. The normalized spacial score (nSPS) is 16.7. The van der Waals surface area contributed by atoms with Crippen LogP contribution in [-0.2, 0) is 0 Å². The van der Waals surface area contributed by atoms with E-state index in [4.69, 9.17) is 11.6 Å². The van der Waals surface area contributed by atoms with Crippen LogP contribution in [-0.4, -0.2) is 14.9 Å². The van der Waals surface area contributed by atoms with Crippen molar-refractivity contribution >= 4 is 17.3 Å². The van der Waals surface area contributed by atoms with Gasteiger partial charge in [0.25, 0.3) is 5.56 Å². The van der Waals surface area contributed by atoms with E-state index >= 15 is 0 Å². The average molecular weight is 329 g/mol. The second-order valence-corrected chi connectivity index (χ2v) is 6.64. The lowest BCUT2D eigenvalue weighted by molar-refractivity contribution is 0.257. The van der Waals surface area contributed by atoms with Crippen molar-refractivity contribution in [3.63, 3.8) is 0 Å². The standard InChI is InChI=1S/C18H17ClN2O2/c1-18(2)11-3-4-15(17(18)23)21-16(22)10-9-14(20-21)12-5-7-13(19)8-6-12/h3-10,23H,11H2,1-2H3. The Bertz CT molecular complexity index is 861. The van der Waals surface area contributed by atoms with Crippen molar-refractivity contribution in [3.05, 3.63) is 69.7 Å². The number of aromatic nitrogens is 2. The summed E-state index contributed by atoms with van der Waals surface area (Å²) in [5.41, 5.74) is 1.20. The molecule has 1 N–H and O–H groups in total. The van der Waals surface area contributed by atoms with Crippen molar-refractivity contribution < 1.29 is 5.11 Å². The summed E-state index contributed by atoms with van der Waals surface area (Å²) in [6, 6.07) is 10.3. The second kappa shape index (κ2) is 5.70. The lowest BCUT2D eigenvalue weighted by atomic mass is 9.83. The Hall–Kier alpha value is -2.33. The minimum atomic E-state index is -0.415. The Morgan fingerprint density at radius 1 is 1.17 bits per heavy atom. The molecule has 0 bridgehead atoms. The quantitative estimate of drug-likeness (QED) is 0.895. The molecule has 0 atom stereocenters. The van der Waals surface area contributed by atoms with Gasteiger partial charge in [-0.05, 0) is 30.7 Å². The van der Waals surface area contributed by atoms with Gasteiger partial charge in [-0.25, -0.2) is 0 Å². The summed E-state index contributed by atoms with van der Waals surface area (Å²) in [6.07, 6.45) is 4.40. The van der Waals surface area contributed by atoms with Crippen LogP contribution in [0.3, 0.4) is 0 Å². The number of rotatable bonds is 2. The number of benzene rings is 1. The third-order valence-electron chi connectivity index (χ3n) is 3.96. The topological polar surface area (TPSA) is 55.1 Å². The van der Waals surface area contributed by atoms with E-state index in [1.54, 1.807) is 24.3 Å². The Morgan fingerprint density at radius 2 is 1.87 bits per heavy atom. The summed E-state index contributed by atoms with van der Waals surface area (Å²) in [5.74, 6) is 0.169. The minimum Gasteiger partial charge on any atom is -0.509 e. The molecule has 1 aliphatic carbocycles. The number of nitrogens with zero attached hydrogens (tertiary/aromatic N) is 2. The van der Waals surface area contributed by atoms with E-state index in [9.17, 15) is 9.90 Å². The number of hydrogen-bond acceptors (Lipinski definition) is 3. The maximum absolute atomic E-state index is 12.2. The van der Waals surface area contributed by atoms with Gasteiger partial charge in [0.15, 0.2) is 0 Å². The van der Waals surface area contributed by atoms with E-state index in [1.807, 2.05) is 32.1 Å². The Kier molecular flexibility index (Phi) is 3.86. The number of halogens is 1. The Labute approximate surface area is 139 Å². The van der Waals surface area contributed by atoms with Gasteiger partial charge in [-0.3, -0.25) is 4.79 Å². The average Bonchev–Trinajstić information content (AvgIpc) is 2.52. The van der Waals surface area contributed by atoms with Crippen molar-refractivity contribution in [2.45, 2.75) is 20.3 Å². The van der Waals surface area contributed by atoms with Crippen LogP contribution in [0.25, 0.3) is 17.0 Å². The zero-order chi connectivity index (χ0) is 16.6. The Morgan fingerprint density at radius 3 is 2.57 bits per heavy atom. The minimum absolute atomic E-state index is 0.169. The van der Waals surface area contributed by atoms with Gasteiger partial charge in [0.05, 0.1) is 5.69 Å². The molecular weight excluding hydrogens is 312 g/mol. The van der Waals surface area contributed by atoms with Gasteiger partial charge in [-0.2, -0.15) is 9.78 Å². The van der Waals surface area contributed by atoms with Gasteiger partial charge >= 0.3 is 0 Å². The van der Waals surface area contributed by atoms with E-state index < -0.39 is 5.41 Å². The van der Waals surface area contributed by atoms with Gasteiger partial charge in [0.1, 0.15) is 11.5 Å². The lowest BCUT2D eigenvalue weighted by Gasteiger charge is -2.27. The highest BCUT2D eigenvalue weighted by atomic mass is 35.5. The van der Waals surface area contributed by atoms with E-state index in [1.165, 1.54) is 10.7 Å². The molecule has 4 nitrogen and oxygen atoms in total. The van der Waals surface area contributed by atoms with Crippen LogP contribution in [0.5, 0.6) is 0 Å². The van der Waals surface area contributed by atoms with E-state index in [0.717, 1.165) is 5.56 Å². The van der Waals surface area contributed by atoms with Gasteiger partial charge in [-0.1, -0.05) is 43.7 Å². The maximum atomic E-state index is 12.2. The fourth-order valence-corrected chi connectivity index (χ4v) is 2.64. The predicted octanol–water partition coefficient (Wildman–Crippen LogP) is 4.28. The number of aliphatic hydroxyl groups excluding tert-OH is 1. The molecule has 0 amide bonds. The molecule has 1 aromatic heterocycles. The molecule has 5 heteroatoms. The first-order valence-electron chi connectivity index (χ1n) is 7.35. The van der Waals surface area contributed by atoms with Gasteiger partial charge in [0, 0.05) is 22.1 Å². The fourth-order valence-electron chi connectivity index (χ4n) is 2.52. The van der Waals surface area contributed by atoms with Gasteiger partial charge < -0.3 is 5.11 Å². The van der Waals surface area contributed by atoms with Gasteiger partial charge in [-0.15, -0.1) is 0 Å². The number of aliphatic hydroxyl groups is 1.